The van der Waals surface area contributed by atoms with Gasteiger partial charge in [-0.3, -0.25) is 9.78 Å². The molecule has 3 aromatic rings. The van der Waals surface area contributed by atoms with Gasteiger partial charge < -0.3 is 10.1 Å². The maximum atomic E-state index is 12.4. The zero-order valence-electron chi connectivity index (χ0n) is 14.8. The average molecular weight is 347 g/mol. The van der Waals surface area contributed by atoms with Crippen molar-refractivity contribution in [2.24, 2.45) is 0 Å². The molecular weight excluding hydrogens is 326 g/mol. The average Bonchev–Trinajstić information content (AvgIpc) is 2.69. The Morgan fingerprint density at radius 3 is 2.35 bits per heavy atom. The molecule has 0 radical (unpaired) electrons. The number of nitrogens with zero attached hydrogens (tertiary/aromatic N) is 2. The Hall–Kier alpha value is -3.21. The molecule has 2 aromatic heterocycles. The Labute approximate surface area is 153 Å². The molecule has 5 nitrogen and oxygen atoms in total. The minimum atomic E-state index is -0.176. The van der Waals surface area contributed by atoms with E-state index in [1.54, 1.807) is 24.5 Å². The molecule has 26 heavy (non-hydrogen) atoms. The predicted octanol–water partition coefficient (Wildman–Crippen LogP) is 4.11. The monoisotopic (exact) mass is 347 g/mol. The largest absolute Gasteiger partial charge is 0.470 e. The van der Waals surface area contributed by atoms with E-state index >= 15 is 0 Å². The second-order valence-corrected chi connectivity index (χ2v) is 6.03. The predicted molar refractivity (Wildman–Crippen MR) is 99.8 cm³/mol. The lowest BCUT2D eigenvalue weighted by molar-refractivity contribution is 0.0939. The minimum absolute atomic E-state index is 0.112. The number of aromatic nitrogens is 2. The van der Waals surface area contributed by atoms with Crippen LogP contribution in [0.4, 0.5) is 0 Å². The summed E-state index contributed by atoms with van der Waals surface area (Å²) < 4.78 is 5.84. The van der Waals surface area contributed by atoms with Crippen LogP contribution in [0, 0.1) is 0 Å². The van der Waals surface area contributed by atoms with Crippen LogP contribution in [-0.2, 0) is 0 Å². The van der Waals surface area contributed by atoms with Crippen LogP contribution in [0.1, 0.15) is 47.5 Å². The van der Waals surface area contributed by atoms with Crippen molar-refractivity contribution >= 4 is 5.91 Å². The molecule has 0 aliphatic carbocycles. The van der Waals surface area contributed by atoms with E-state index in [-0.39, 0.29) is 18.1 Å². The van der Waals surface area contributed by atoms with Crippen LogP contribution in [-0.4, -0.2) is 15.9 Å². The van der Waals surface area contributed by atoms with Gasteiger partial charge in [-0.1, -0.05) is 30.3 Å². The molecule has 2 heterocycles. The maximum Gasteiger partial charge on any atom is 0.253 e. The summed E-state index contributed by atoms with van der Waals surface area (Å²) in [4.78, 5) is 20.6. The van der Waals surface area contributed by atoms with Crippen molar-refractivity contribution in [3.63, 3.8) is 0 Å². The Balaban J connectivity index is 1.61. The Morgan fingerprint density at radius 1 is 0.962 bits per heavy atom. The van der Waals surface area contributed by atoms with Crippen LogP contribution in [0.3, 0.4) is 0 Å². The smallest absolute Gasteiger partial charge is 0.253 e. The summed E-state index contributed by atoms with van der Waals surface area (Å²) in [6, 6.07) is 17.0. The molecule has 0 unspecified atom stereocenters. The van der Waals surface area contributed by atoms with E-state index in [9.17, 15) is 4.79 Å². The molecule has 1 amide bonds. The normalized spacial score (nSPS) is 12.8. The summed E-state index contributed by atoms with van der Waals surface area (Å²) in [6.07, 6.45) is 4.83. The van der Waals surface area contributed by atoms with E-state index < -0.39 is 0 Å². The van der Waals surface area contributed by atoms with Gasteiger partial charge in [-0.15, -0.1) is 0 Å². The standard InChI is InChI=1S/C21H21N3O2/c1-15(17-10-12-22-13-11-17)24-21(25)19-8-9-20(23-14-19)26-16(2)18-6-4-3-5-7-18/h3-16H,1-2H3,(H,24,25)/t15-,16+/m0/s1. The second-order valence-electron chi connectivity index (χ2n) is 6.03. The number of carbonyl (C=O) groups is 1. The van der Waals surface area contributed by atoms with Gasteiger partial charge in [0.25, 0.3) is 5.91 Å². The first-order valence-electron chi connectivity index (χ1n) is 8.52. The van der Waals surface area contributed by atoms with Crippen LogP contribution in [0.5, 0.6) is 5.88 Å². The SMILES string of the molecule is C[C@H](NC(=O)c1ccc(O[C@H](C)c2ccccc2)nc1)c1ccncc1. The summed E-state index contributed by atoms with van der Waals surface area (Å²) in [5, 5.41) is 2.95. The molecule has 0 aliphatic rings. The molecule has 0 aliphatic heterocycles. The maximum absolute atomic E-state index is 12.4. The fourth-order valence-electron chi connectivity index (χ4n) is 2.57. The minimum Gasteiger partial charge on any atom is -0.470 e. The molecule has 1 aromatic carbocycles. The molecule has 0 bridgehead atoms. The van der Waals surface area contributed by atoms with Crippen LogP contribution >= 0.6 is 0 Å². The van der Waals surface area contributed by atoms with Crippen molar-refractivity contribution < 1.29 is 9.53 Å². The first-order chi connectivity index (χ1) is 12.6. The van der Waals surface area contributed by atoms with E-state index in [0.29, 0.717) is 11.4 Å². The Morgan fingerprint density at radius 2 is 1.69 bits per heavy atom. The molecular formula is C21H21N3O2. The highest BCUT2D eigenvalue weighted by atomic mass is 16.5. The first kappa shape index (κ1) is 17.6. The molecule has 0 saturated carbocycles. The topological polar surface area (TPSA) is 64.1 Å². The Bertz CT molecular complexity index is 836. The summed E-state index contributed by atoms with van der Waals surface area (Å²) in [7, 11) is 0. The molecule has 3 rings (SSSR count). The third kappa shape index (κ3) is 4.45. The van der Waals surface area contributed by atoms with E-state index in [1.165, 1.54) is 6.20 Å². The summed E-state index contributed by atoms with van der Waals surface area (Å²) in [5.41, 5.74) is 2.56. The zero-order chi connectivity index (χ0) is 18.4. The lowest BCUT2D eigenvalue weighted by Crippen LogP contribution is -2.26. The number of hydrogen-bond acceptors (Lipinski definition) is 4. The highest BCUT2D eigenvalue weighted by molar-refractivity contribution is 5.94. The summed E-state index contributed by atoms with van der Waals surface area (Å²) in [5.74, 6) is 0.310. The van der Waals surface area contributed by atoms with Crippen LogP contribution in [0.15, 0.2) is 73.2 Å². The van der Waals surface area contributed by atoms with Crippen molar-refractivity contribution in [1.82, 2.24) is 15.3 Å². The van der Waals surface area contributed by atoms with Gasteiger partial charge in [-0.05, 0) is 43.2 Å². The number of carbonyl (C=O) groups excluding carboxylic acids is 1. The molecule has 132 valence electrons. The zero-order valence-corrected chi connectivity index (χ0v) is 14.8. The van der Waals surface area contributed by atoms with Crippen LogP contribution in [0.25, 0.3) is 0 Å². The molecule has 2 atom stereocenters. The number of amides is 1. The van der Waals surface area contributed by atoms with Gasteiger partial charge in [0.2, 0.25) is 5.88 Å². The number of ether oxygens (including phenoxy) is 1. The highest BCUT2D eigenvalue weighted by Crippen LogP contribution is 2.20. The number of benzene rings is 1. The van der Waals surface area contributed by atoms with Gasteiger partial charge in [0.05, 0.1) is 11.6 Å². The van der Waals surface area contributed by atoms with Crippen molar-refractivity contribution in [1.29, 1.82) is 0 Å². The summed E-state index contributed by atoms with van der Waals surface area (Å²) in [6.45, 7) is 3.90. The lowest BCUT2D eigenvalue weighted by Gasteiger charge is -2.15. The van der Waals surface area contributed by atoms with Crippen molar-refractivity contribution in [3.05, 3.63) is 89.9 Å². The fourth-order valence-corrected chi connectivity index (χ4v) is 2.57. The second kappa shape index (κ2) is 8.25. The molecule has 0 saturated heterocycles. The van der Waals surface area contributed by atoms with Gasteiger partial charge in [0.15, 0.2) is 0 Å². The Kier molecular flexibility index (Phi) is 5.59. The third-order valence-electron chi connectivity index (χ3n) is 4.12. The first-order valence-corrected chi connectivity index (χ1v) is 8.52. The van der Waals surface area contributed by atoms with Crippen molar-refractivity contribution in [2.45, 2.75) is 26.0 Å². The fraction of sp³-hybridized carbons (Fsp3) is 0.190. The van der Waals surface area contributed by atoms with Crippen molar-refractivity contribution in [3.8, 4) is 5.88 Å². The van der Waals surface area contributed by atoms with Gasteiger partial charge >= 0.3 is 0 Å². The van der Waals surface area contributed by atoms with Gasteiger partial charge in [0, 0.05) is 24.7 Å². The number of pyridine rings is 2. The van der Waals surface area contributed by atoms with Crippen molar-refractivity contribution in [2.75, 3.05) is 0 Å². The lowest BCUT2D eigenvalue weighted by atomic mass is 10.1. The van der Waals surface area contributed by atoms with Crippen LogP contribution in [0.2, 0.25) is 0 Å². The van der Waals surface area contributed by atoms with Gasteiger partial charge in [-0.2, -0.15) is 0 Å². The molecule has 1 N–H and O–H groups in total. The molecule has 0 spiro atoms. The van der Waals surface area contributed by atoms with E-state index in [0.717, 1.165) is 11.1 Å². The number of nitrogens with one attached hydrogen (secondary N) is 1. The number of hydrogen-bond donors (Lipinski definition) is 1. The van der Waals surface area contributed by atoms with Gasteiger partial charge in [-0.25, -0.2) is 4.98 Å². The quantitative estimate of drug-likeness (QED) is 0.729. The number of rotatable bonds is 6. The molecule has 5 heteroatoms. The van der Waals surface area contributed by atoms with Gasteiger partial charge in [0.1, 0.15) is 6.10 Å². The van der Waals surface area contributed by atoms with E-state index in [1.807, 2.05) is 56.3 Å². The van der Waals surface area contributed by atoms with Crippen LogP contribution < -0.4 is 10.1 Å². The third-order valence-corrected chi connectivity index (χ3v) is 4.12. The molecule has 0 fully saturated rings. The highest BCUT2D eigenvalue weighted by Gasteiger charge is 2.13. The summed E-state index contributed by atoms with van der Waals surface area (Å²) >= 11 is 0. The van der Waals surface area contributed by atoms with E-state index in [4.69, 9.17) is 4.74 Å². The van der Waals surface area contributed by atoms with E-state index in [2.05, 4.69) is 15.3 Å².